The third-order valence-electron chi connectivity index (χ3n) is 3.91. The second kappa shape index (κ2) is 5.99. The van der Waals surface area contributed by atoms with Gasteiger partial charge in [-0.25, -0.2) is 0 Å². The highest BCUT2D eigenvalue weighted by Gasteiger charge is 2.29. The summed E-state index contributed by atoms with van der Waals surface area (Å²) in [5.74, 6) is 1.32. The Morgan fingerprint density at radius 3 is 2.68 bits per heavy atom. The Kier molecular flexibility index (Phi) is 4.35. The molecule has 1 saturated carbocycles. The van der Waals surface area contributed by atoms with E-state index in [9.17, 15) is 4.79 Å². The average molecular weight is 262 g/mol. The van der Waals surface area contributed by atoms with Gasteiger partial charge in [-0.3, -0.25) is 4.79 Å². The lowest BCUT2D eigenvalue weighted by Gasteiger charge is -2.34. The van der Waals surface area contributed by atoms with Crippen LogP contribution in [0, 0.1) is 11.8 Å². The molecular formula is C14H22N4O. The van der Waals surface area contributed by atoms with Gasteiger partial charge in [-0.15, -0.1) is 10.2 Å². The van der Waals surface area contributed by atoms with E-state index in [0.717, 1.165) is 6.42 Å². The first kappa shape index (κ1) is 13.8. The highest BCUT2D eigenvalue weighted by atomic mass is 16.2. The van der Waals surface area contributed by atoms with Gasteiger partial charge in [0.05, 0.1) is 0 Å². The van der Waals surface area contributed by atoms with Gasteiger partial charge in [-0.2, -0.15) is 0 Å². The molecule has 1 amide bonds. The summed E-state index contributed by atoms with van der Waals surface area (Å²) < 4.78 is 0. The van der Waals surface area contributed by atoms with E-state index < -0.39 is 0 Å². The number of nitrogens with one attached hydrogen (secondary N) is 1. The van der Waals surface area contributed by atoms with E-state index in [1.165, 1.54) is 19.3 Å². The topological polar surface area (TPSA) is 80.9 Å². The first-order chi connectivity index (χ1) is 9.08. The van der Waals surface area contributed by atoms with E-state index in [2.05, 4.69) is 29.4 Å². The molecule has 2 atom stereocenters. The molecule has 0 spiro atoms. The van der Waals surface area contributed by atoms with Crippen LogP contribution in [-0.4, -0.2) is 22.1 Å². The highest BCUT2D eigenvalue weighted by molar-refractivity contribution is 5.92. The van der Waals surface area contributed by atoms with E-state index in [1.807, 2.05) is 0 Å². The van der Waals surface area contributed by atoms with E-state index in [4.69, 9.17) is 5.73 Å². The number of nitrogen functional groups attached to an aromatic ring is 1. The number of amides is 1. The fraction of sp³-hybridized carbons (Fsp3) is 0.643. The van der Waals surface area contributed by atoms with Crippen LogP contribution in [0.3, 0.4) is 0 Å². The van der Waals surface area contributed by atoms with Crippen molar-refractivity contribution in [3.63, 3.8) is 0 Å². The summed E-state index contributed by atoms with van der Waals surface area (Å²) in [6.07, 6.45) is 4.69. The molecule has 1 aliphatic rings. The molecular weight excluding hydrogens is 240 g/mol. The van der Waals surface area contributed by atoms with Gasteiger partial charge in [-0.1, -0.05) is 26.7 Å². The molecule has 1 fully saturated rings. The monoisotopic (exact) mass is 262 g/mol. The van der Waals surface area contributed by atoms with Crippen molar-refractivity contribution in [2.75, 3.05) is 5.73 Å². The molecule has 3 N–H and O–H groups in total. The van der Waals surface area contributed by atoms with Crippen LogP contribution in [0.5, 0.6) is 0 Å². The first-order valence-corrected chi connectivity index (χ1v) is 6.98. The van der Waals surface area contributed by atoms with Crippen LogP contribution in [0.25, 0.3) is 0 Å². The van der Waals surface area contributed by atoms with E-state index in [-0.39, 0.29) is 11.9 Å². The lowest BCUT2D eigenvalue weighted by molar-refractivity contribution is 0.0883. The molecule has 5 heteroatoms. The number of nitrogens with zero attached hydrogens (tertiary/aromatic N) is 2. The largest absolute Gasteiger partial charge is 0.382 e. The number of aromatic nitrogens is 2. The fourth-order valence-corrected chi connectivity index (χ4v) is 2.84. The molecule has 0 aliphatic heterocycles. The second-order valence-corrected chi connectivity index (χ2v) is 5.62. The van der Waals surface area contributed by atoms with Gasteiger partial charge in [0.1, 0.15) is 5.82 Å². The molecule has 1 aliphatic carbocycles. The molecule has 0 bridgehead atoms. The number of nitrogens with two attached hydrogens (primary N) is 1. The number of hydrogen-bond acceptors (Lipinski definition) is 4. The van der Waals surface area contributed by atoms with Crippen molar-refractivity contribution in [1.29, 1.82) is 0 Å². The maximum absolute atomic E-state index is 12.1. The molecule has 2 unspecified atom stereocenters. The number of anilines is 1. The molecule has 104 valence electrons. The minimum atomic E-state index is -0.148. The molecule has 1 aromatic rings. The third-order valence-corrected chi connectivity index (χ3v) is 3.91. The van der Waals surface area contributed by atoms with Crippen LogP contribution in [0.1, 0.15) is 50.0 Å². The van der Waals surface area contributed by atoms with Gasteiger partial charge >= 0.3 is 0 Å². The molecule has 19 heavy (non-hydrogen) atoms. The first-order valence-electron chi connectivity index (χ1n) is 6.98. The number of carbonyl (C=O) groups excluding carboxylic acids is 1. The molecule has 2 rings (SSSR count). The molecule has 0 aromatic carbocycles. The summed E-state index contributed by atoms with van der Waals surface area (Å²) in [6.45, 7) is 4.44. The minimum absolute atomic E-state index is 0.148. The predicted octanol–water partition coefficient (Wildman–Crippen LogP) is 2.00. The Morgan fingerprint density at radius 1 is 1.32 bits per heavy atom. The van der Waals surface area contributed by atoms with Crippen LogP contribution >= 0.6 is 0 Å². The molecule has 0 radical (unpaired) electrons. The summed E-state index contributed by atoms with van der Waals surface area (Å²) in [7, 11) is 0. The molecule has 1 aromatic heterocycles. The Morgan fingerprint density at radius 2 is 2.05 bits per heavy atom. The Bertz CT molecular complexity index is 430. The fourth-order valence-electron chi connectivity index (χ4n) is 2.84. The quantitative estimate of drug-likeness (QED) is 0.873. The summed E-state index contributed by atoms with van der Waals surface area (Å²) in [4.78, 5) is 12.1. The highest BCUT2D eigenvalue weighted by Crippen LogP contribution is 2.30. The molecule has 1 heterocycles. The standard InChI is InChI=1S/C14H22N4O/c1-9(2)10-5-3-4-6-11(10)16-14(19)12-7-8-13(15)18-17-12/h7-11H,3-6H2,1-2H3,(H2,15,18)(H,16,19). The lowest BCUT2D eigenvalue weighted by Crippen LogP contribution is -2.44. The van der Waals surface area contributed by atoms with Gasteiger partial charge in [0.15, 0.2) is 5.69 Å². The zero-order chi connectivity index (χ0) is 13.8. The van der Waals surface area contributed by atoms with Crippen molar-refractivity contribution >= 4 is 11.7 Å². The number of carbonyl (C=O) groups is 1. The van der Waals surface area contributed by atoms with Gasteiger partial charge in [0.25, 0.3) is 5.91 Å². The van der Waals surface area contributed by atoms with Crippen molar-refractivity contribution < 1.29 is 4.79 Å². The van der Waals surface area contributed by atoms with Gasteiger partial charge in [0.2, 0.25) is 0 Å². The van der Waals surface area contributed by atoms with Crippen molar-refractivity contribution in [3.05, 3.63) is 17.8 Å². The van der Waals surface area contributed by atoms with Gasteiger partial charge in [0, 0.05) is 6.04 Å². The normalized spacial score (nSPS) is 23.3. The predicted molar refractivity (Wildman–Crippen MR) is 74.5 cm³/mol. The zero-order valence-corrected chi connectivity index (χ0v) is 11.6. The molecule has 0 saturated heterocycles. The van der Waals surface area contributed by atoms with Crippen LogP contribution in [0.15, 0.2) is 12.1 Å². The smallest absolute Gasteiger partial charge is 0.272 e. The Balaban J connectivity index is 2.02. The average Bonchev–Trinajstić information content (AvgIpc) is 2.39. The molecule has 5 nitrogen and oxygen atoms in total. The van der Waals surface area contributed by atoms with Crippen LogP contribution < -0.4 is 11.1 Å². The second-order valence-electron chi connectivity index (χ2n) is 5.62. The van der Waals surface area contributed by atoms with Crippen LogP contribution in [0.4, 0.5) is 5.82 Å². The van der Waals surface area contributed by atoms with Gasteiger partial charge in [-0.05, 0) is 36.8 Å². The maximum atomic E-state index is 12.1. The zero-order valence-electron chi connectivity index (χ0n) is 11.6. The van der Waals surface area contributed by atoms with E-state index in [1.54, 1.807) is 12.1 Å². The summed E-state index contributed by atoms with van der Waals surface area (Å²) in [6, 6.07) is 3.47. The van der Waals surface area contributed by atoms with Crippen LogP contribution in [0.2, 0.25) is 0 Å². The summed E-state index contributed by atoms with van der Waals surface area (Å²) >= 11 is 0. The minimum Gasteiger partial charge on any atom is -0.382 e. The van der Waals surface area contributed by atoms with Crippen molar-refractivity contribution in [1.82, 2.24) is 15.5 Å². The van der Waals surface area contributed by atoms with E-state index in [0.29, 0.717) is 23.3 Å². The third kappa shape index (κ3) is 3.43. The Labute approximate surface area is 114 Å². The summed E-state index contributed by atoms with van der Waals surface area (Å²) in [5, 5.41) is 10.6. The summed E-state index contributed by atoms with van der Waals surface area (Å²) in [5.41, 5.74) is 5.80. The van der Waals surface area contributed by atoms with Crippen molar-refractivity contribution in [3.8, 4) is 0 Å². The van der Waals surface area contributed by atoms with Crippen LogP contribution in [-0.2, 0) is 0 Å². The van der Waals surface area contributed by atoms with Gasteiger partial charge < -0.3 is 11.1 Å². The Hall–Kier alpha value is -1.65. The number of rotatable bonds is 3. The van der Waals surface area contributed by atoms with Crippen molar-refractivity contribution in [2.24, 2.45) is 11.8 Å². The maximum Gasteiger partial charge on any atom is 0.272 e. The lowest BCUT2D eigenvalue weighted by atomic mass is 9.78. The van der Waals surface area contributed by atoms with E-state index >= 15 is 0 Å². The number of hydrogen-bond donors (Lipinski definition) is 2. The SMILES string of the molecule is CC(C)C1CCCCC1NC(=O)c1ccc(N)nn1. The van der Waals surface area contributed by atoms with Crippen molar-refractivity contribution in [2.45, 2.75) is 45.6 Å².